The van der Waals surface area contributed by atoms with E-state index in [1.165, 1.54) is 5.56 Å². The zero-order chi connectivity index (χ0) is 16.7. The number of hydrogen-bond acceptors (Lipinski definition) is 2. The monoisotopic (exact) mass is 330 g/mol. The number of hydrogen-bond donors (Lipinski definition) is 1. The lowest BCUT2D eigenvalue weighted by Crippen LogP contribution is -2.28. The van der Waals surface area contributed by atoms with Crippen molar-refractivity contribution in [1.29, 1.82) is 0 Å². The summed E-state index contributed by atoms with van der Waals surface area (Å²) in [4.78, 5) is 16.5. The van der Waals surface area contributed by atoms with Crippen LogP contribution in [0.5, 0.6) is 0 Å². The molecule has 0 saturated heterocycles. The molecule has 0 aliphatic carbocycles. The van der Waals surface area contributed by atoms with Gasteiger partial charge in [-0.25, -0.2) is 0 Å². The second kappa shape index (κ2) is 8.68. The normalized spacial score (nSPS) is 12.0. The Bertz CT molecular complexity index is 623. The van der Waals surface area contributed by atoms with Gasteiger partial charge in [0.2, 0.25) is 5.91 Å². The number of rotatable bonds is 7. The second-order valence-electron chi connectivity index (χ2n) is 5.77. The summed E-state index contributed by atoms with van der Waals surface area (Å²) < 4.78 is 0. The standard InChI is InChI=1S/C19H23ClN2O/c1-3-17(18-12-7-14(2)13-21-18)22-19(23)6-4-5-15-8-10-16(20)11-9-15/h7-13,17H,3-6H2,1-2H3,(H,22,23)/t17-/m1/s1. The van der Waals surface area contributed by atoms with Crippen LogP contribution in [0.3, 0.4) is 0 Å². The predicted molar refractivity (Wildman–Crippen MR) is 94.5 cm³/mol. The van der Waals surface area contributed by atoms with Crippen molar-refractivity contribution >= 4 is 17.5 Å². The highest BCUT2D eigenvalue weighted by Crippen LogP contribution is 2.15. The maximum atomic E-state index is 12.1. The SMILES string of the molecule is CC[C@@H](NC(=O)CCCc1ccc(Cl)cc1)c1ccc(C)cn1. The first-order valence-corrected chi connectivity index (χ1v) is 8.42. The number of nitrogens with zero attached hydrogens (tertiary/aromatic N) is 1. The molecule has 0 aliphatic heterocycles. The van der Waals surface area contributed by atoms with E-state index in [0.717, 1.165) is 35.5 Å². The Hall–Kier alpha value is -1.87. The Morgan fingerprint density at radius 2 is 1.96 bits per heavy atom. The molecule has 2 aromatic rings. The van der Waals surface area contributed by atoms with E-state index < -0.39 is 0 Å². The minimum Gasteiger partial charge on any atom is -0.348 e. The molecule has 0 saturated carbocycles. The van der Waals surface area contributed by atoms with Crippen LogP contribution in [0.15, 0.2) is 42.6 Å². The molecule has 1 aromatic heterocycles. The van der Waals surface area contributed by atoms with Crippen LogP contribution in [-0.4, -0.2) is 10.9 Å². The molecular weight excluding hydrogens is 308 g/mol. The third-order valence-corrected chi connectivity index (χ3v) is 4.07. The van der Waals surface area contributed by atoms with Crippen molar-refractivity contribution in [3.63, 3.8) is 0 Å². The van der Waals surface area contributed by atoms with Crippen LogP contribution >= 0.6 is 11.6 Å². The summed E-state index contributed by atoms with van der Waals surface area (Å²) in [6.45, 7) is 4.06. The largest absolute Gasteiger partial charge is 0.348 e. The lowest BCUT2D eigenvalue weighted by Gasteiger charge is -2.16. The minimum atomic E-state index is -0.0152. The lowest BCUT2D eigenvalue weighted by atomic mass is 10.1. The van der Waals surface area contributed by atoms with Crippen molar-refractivity contribution < 1.29 is 4.79 Å². The highest BCUT2D eigenvalue weighted by molar-refractivity contribution is 6.30. The molecule has 0 spiro atoms. The maximum Gasteiger partial charge on any atom is 0.220 e. The van der Waals surface area contributed by atoms with Crippen LogP contribution in [0.4, 0.5) is 0 Å². The van der Waals surface area contributed by atoms with E-state index in [1.54, 1.807) is 0 Å². The summed E-state index contributed by atoms with van der Waals surface area (Å²) in [5.41, 5.74) is 3.25. The van der Waals surface area contributed by atoms with Crippen molar-refractivity contribution in [3.05, 3.63) is 64.4 Å². The third kappa shape index (κ3) is 5.68. The predicted octanol–water partition coefficient (Wildman–Crippen LogP) is 4.63. The average molecular weight is 331 g/mol. The Morgan fingerprint density at radius 3 is 2.57 bits per heavy atom. The fourth-order valence-electron chi connectivity index (χ4n) is 2.44. The highest BCUT2D eigenvalue weighted by Gasteiger charge is 2.13. The number of pyridine rings is 1. The van der Waals surface area contributed by atoms with Gasteiger partial charge < -0.3 is 5.32 Å². The first-order valence-electron chi connectivity index (χ1n) is 8.05. The van der Waals surface area contributed by atoms with Gasteiger partial charge in [-0.3, -0.25) is 9.78 Å². The highest BCUT2D eigenvalue weighted by atomic mass is 35.5. The molecule has 0 radical (unpaired) electrons. The van der Waals surface area contributed by atoms with Gasteiger partial charge in [-0.2, -0.15) is 0 Å². The van der Waals surface area contributed by atoms with Crippen LogP contribution in [0.2, 0.25) is 5.02 Å². The van der Waals surface area contributed by atoms with E-state index in [4.69, 9.17) is 11.6 Å². The number of amides is 1. The molecule has 0 aliphatic rings. The molecule has 0 unspecified atom stereocenters. The van der Waals surface area contributed by atoms with Crippen LogP contribution in [0, 0.1) is 6.92 Å². The van der Waals surface area contributed by atoms with Crippen LogP contribution in [0.25, 0.3) is 0 Å². The molecule has 1 atom stereocenters. The molecular formula is C19H23ClN2O. The van der Waals surface area contributed by atoms with E-state index in [0.29, 0.717) is 6.42 Å². The van der Waals surface area contributed by atoms with Crippen molar-refractivity contribution in [1.82, 2.24) is 10.3 Å². The van der Waals surface area contributed by atoms with Crippen molar-refractivity contribution in [2.75, 3.05) is 0 Å². The lowest BCUT2D eigenvalue weighted by molar-refractivity contribution is -0.122. The van der Waals surface area contributed by atoms with Gasteiger partial charge in [-0.1, -0.05) is 36.7 Å². The zero-order valence-corrected chi connectivity index (χ0v) is 14.4. The molecule has 4 heteroatoms. The number of carbonyl (C=O) groups is 1. The first kappa shape index (κ1) is 17.5. The number of carbonyl (C=O) groups excluding carboxylic acids is 1. The van der Waals surface area contributed by atoms with Crippen molar-refractivity contribution in [3.8, 4) is 0 Å². The fourth-order valence-corrected chi connectivity index (χ4v) is 2.57. The number of aryl methyl sites for hydroxylation is 2. The van der Waals surface area contributed by atoms with Gasteiger partial charge >= 0.3 is 0 Å². The van der Waals surface area contributed by atoms with Crippen molar-refractivity contribution in [2.45, 2.75) is 45.6 Å². The molecule has 3 nitrogen and oxygen atoms in total. The summed E-state index contributed by atoms with van der Waals surface area (Å²) in [7, 11) is 0. The molecule has 1 heterocycles. The summed E-state index contributed by atoms with van der Waals surface area (Å²) in [6, 6.07) is 11.8. The minimum absolute atomic E-state index is 0.0152. The van der Waals surface area contributed by atoms with E-state index in [9.17, 15) is 4.79 Å². The molecule has 1 N–H and O–H groups in total. The smallest absolute Gasteiger partial charge is 0.220 e. The molecule has 0 bridgehead atoms. The summed E-state index contributed by atoms with van der Waals surface area (Å²) in [5.74, 6) is 0.0770. The quantitative estimate of drug-likeness (QED) is 0.804. The van der Waals surface area contributed by atoms with E-state index in [1.807, 2.05) is 49.5 Å². The van der Waals surface area contributed by atoms with Gasteiger partial charge in [0, 0.05) is 17.6 Å². The molecule has 0 fully saturated rings. The van der Waals surface area contributed by atoms with Crippen molar-refractivity contribution in [2.24, 2.45) is 0 Å². The average Bonchev–Trinajstić information content (AvgIpc) is 2.55. The third-order valence-electron chi connectivity index (χ3n) is 3.82. The van der Waals surface area contributed by atoms with Gasteiger partial charge in [0.1, 0.15) is 0 Å². The fraction of sp³-hybridized carbons (Fsp3) is 0.368. The second-order valence-corrected chi connectivity index (χ2v) is 6.21. The summed E-state index contributed by atoms with van der Waals surface area (Å²) >= 11 is 5.87. The van der Waals surface area contributed by atoms with E-state index in [2.05, 4.69) is 17.2 Å². The number of halogens is 1. The van der Waals surface area contributed by atoms with Gasteiger partial charge in [0.05, 0.1) is 11.7 Å². The molecule has 1 amide bonds. The van der Waals surface area contributed by atoms with Gasteiger partial charge in [0.25, 0.3) is 0 Å². The summed E-state index contributed by atoms with van der Waals surface area (Å²) in [5, 5.41) is 3.81. The van der Waals surface area contributed by atoms with Crippen LogP contribution < -0.4 is 5.32 Å². The molecule has 122 valence electrons. The molecule has 1 aromatic carbocycles. The number of benzene rings is 1. The van der Waals surface area contributed by atoms with E-state index in [-0.39, 0.29) is 11.9 Å². The van der Waals surface area contributed by atoms with Gasteiger partial charge in [-0.15, -0.1) is 0 Å². The number of nitrogens with one attached hydrogen (secondary N) is 1. The Balaban J connectivity index is 1.80. The van der Waals surface area contributed by atoms with Crippen LogP contribution in [-0.2, 0) is 11.2 Å². The molecule has 23 heavy (non-hydrogen) atoms. The molecule has 2 rings (SSSR count). The number of aromatic nitrogens is 1. The Labute approximate surface area is 143 Å². The topological polar surface area (TPSA) is 42.0 Å². The van der Waals surface area contributed by atoms with Gasteiger partial charge in [0.15, 0.2) is 0 Å². The Kier molecular flexibility index (Phi) is 6.60. The first-order chi connectivity index (χ1) is 11.1. The Morgan fingerprint density at radius 1 is 1.22 bits per heavy atom. The van der Waals surface area contributed by atoms with Crippen LogP contribution in [0.1, 0.15) is 49.0 Å². The summed E-state index contributed by atoms with van der Waals surface area (Å²) in [6.07, 6.45) is 4.89. The van der Waals surface area contributed by atoms with E-state index >= 15 is 0 Å². The van der Waals surface area contributed by atoms with Gasteiger partial charge in [-0.05, 0) is 55.5 Å². The maximum absolute atomic E-state index is 12.1. The zero-order valence-electron chi connectivity index (χ0n) is 13.7.